The highest BCUT2D eigenvalue weighted by molar-refractivity contribution is 5.95. The van der Waals surface area contributed by atoms with Gasteiger partial charge in [-0.1, -0.05) is 18.2 Å². The Morgan fingerprint density at radius 3 is 2.49 bits per heavy atom. The molecule has 3 aromatic rings. The third kappa shape index (κ3) is 5.70. The number of methoxy groups -OCH3 is 1. The van der Waals surface area contributed by atoms with Crippen LogP contribution in [0.1, 0.15) is 67.5 Å². The van der Waals surface area contributed by atoms with Crippen LogP contribution in [0.15, 0.2) is 30.3 Å². The molecule has 1 aromatic heterocycles. The zero-order valence-electron chi connectivity index (χ0n) is 23.4. The number of anilines is 1. The molecule has 41 heavy (non-hydrogen) atoms. The zero-order chi connectivity index (χ0) is 29.3. The molecule has 2 aliphatic rings. The summed E-state index contributed by atoms with van der Waals surface area (Å²) in [5.74, 6) is -0.209. The summed E-state index contributed by atoms with van der Waals surface area (Å²) >= 11 is 0. The van der Waals surface area contributed by atoms with E-state index in [1.165, 1.54) is 19.2 Å². The first-order chi connectivity index (χ1) is 19.6. The highest BCUT2D eigenvalue weighted by Gasteiger charge is 2.40. The van der Waals surface area contributed by atoms with E-state index in [9.17, 15) is 23.1 Å². The van der Waals surface area contributed by atoms with Crippen LogP contribution in [0.2, 0.25) is 0 Å². The summed E-state index contributed by atoms with van der Waals surface area (Å²) in [6.07, 6.45) is -1.13. The summed E-state index contributed by atoms with van der Waals surface area (Å²) < 4.78 is 52.5. The summed E-state index contributed by atoms with van der Waals surface area (Å²) in [4.78, 5) is 14.9. The van der Waals surface area contributed by atoms with Gasteiger partial charge in [0.25, 0.3) is 6.43 Å². The fourth-order valence-corrected chi connectivity index (χ4v) is 5.95. The fourth-order valence-electron chi connectivity index (χ4n) is 5.95. The van der Waals surface area contributed by atoms with Crippen molar-refractivity contribution in [2.45, 2.75) is 57.6 Å². The van der Waals surface area contributed by atoms with Crippen molar-refractivity contribution in [3.05, 3.63) is 58.5 Å². The molecule has 2 aromatic carbocycles. The Morgan fingerprint density at radius 1 is 1.15 bits per heavy atom. The second-order valence-electron chi connectivity index (χ2n) is 10.9. The van der Waals surface area contributed by atoms with Gasteiger partial charge in [0.2, 0.25) is 5.91 Å². The summed E-state index contributed by atoms with van der Waals surface area (Å²) in [7, 11) is 1.53. The summed E-state index contributed by atoms with van der Waals surface area (Å²) in [5, 5.41) is 24.9. The molecule has 11 heteroatoms. The molecule has 220 valence electrons. The highest BCUT2D eigenvalue weighted by Crippen LogP contribution is 2.46. The average Bonchev–Trinajstić information content (AvgIpc) is 2.98. The number of benzene rings is 2. The van der Waals surface area contributed by atoms with Crippen molar-refractivity contribution in [3.63, 3.8) is 0 Å². The van der Waals surface area contributed by atoms with Crippen molar-refractivity contribution >= 4 is 22.5 Å². The van der Waals surface area contributed by atoms with Gasteiger partial charge in [0.1, 0.15) is 11.6 Å². The van der Waals surface area contributed by atoms with E-state index in [2.05, 4.69) is 15.5 Å². The van der Waals surface area contributed by atoms with Crippen LogP contribution < -0.4 is 10.1 Å². The zero-order valence-corrected chi connectivity index (χ0v) is 23.4. The molecule has 1 atom stereocenters. The second kappa shape index (κ2) is 11.8. The number of fused-ring (bicyclic) bond motifs is 1. The second-order valence-corrected chi connectivity index (χ2v) is 10.9. The molecule has 1 saturated heterocycles. The summed E-state index contributed by atoms with van der Waals surface area (Å²) in [5.41, 5.74) is -0.625. The van der Waals surface area contributed by atoms with Gasteiger partial charge in [-0.25, -0.2) is 13.2 Å². The first kappa shape index (κ1) is 29.1. The standard InChI is InChI=1S/C30H35F3N4O4/c1-17(20-5-4-6-21(26(20)31)27(32)33)34-28-23-15-24(25(40-3)16-22(23)18(2)35-36-28)30(39)9-7-19(8-10-30)29(38)37-11-13-41-14-12-37/h4-6,15-17,19,27,39H,7-14H2,1-3H3,(H,34,36)/t17-,19?,30?/m1/s1. The van der Waals surface area contributed by atoms with E-state index in [0.29, 0.717) is 80.2 Å². The number of carbonyl (C=O) groups excluding carboxylic acids is 1. The lowest BCUT2D eigenvalue weighted by Crippen LogP contribution is -2.45. The van der Waals surface area contributed by atoms with Gasteiger partial charge in [0, 0.05) is 40.9 Å². The van der Waals surface area contributed by atoms with Crippen LogP contribution >= 0.6 is 0 Å². The molecule has 0 bridgehead atoms. The van der Waals surface area contributed by atoms with Crippen LogP contribution in [0.3, 0.4) is 0 Å². The van der Waals surface area contributed by atoms with Crippen LogP contribution in [-0.4, -0.2) is 59.5 Å². The average molecular weight is 573 g/mol. The molecule has 5 rings (SSSR count). The van der Waals surface area contributed by atoms with Gasteiger partial charge in [-0.3, -0.25) is 4.79 Å². The number of aliphatic hydroxyl groups is 1. The van der Waals surface area contributed by atoms with Crippen LogP contribution in [0.25, 0.3) is 10.8 Å². The Balaban J connectivity index is 1.45. The number of aromatic nitrogens is 2. The van der Waals surface area contributed by atoms with Gasteiger partial charge in [-0.2, -0.15) is 5.10 Å². The Morgan fingerprint density at radius 2 is 1.83 bits per heavy atom. The van der Waals surface area contributed by atoms with Gasteiger partial charge >= 0.3 is 0 Å². The molecule has 8 nitrogen and oxygen atoms in total. The van der Waals surface area contributed by atoms with E-state index in [1.54, 1.807) is 26.0 Å². The van der Waals surface area contributed by atoms with Crippen molar-refractivity contribution in [1.82, 2.24) is 15.1 Å². The molecular weight excluding hydrogens is 537 g/mol. The minimum Gasteiger partial charge on any atom is -0.496 e. The number of nitrogens with zero attached hydrogens (tertiary/aromatic N) is 3. The summed E-state index contributed by atoms with van der Waals surface area (Å²) in [6.45, 7) is 5.71. The number of rotatable bonds is 7. The maximum absolute atomic E-state index is 14.9. The van der Waals surface area contributed by atoms with Crippen molar-refractivity contribution in [2.24, 2.45) is 5.92 Å². The largest absolute Gasteiger partial charge is 0.496 e. The molecule has 1 amide bonds. The Labute approximate surface area is 236 Å². The van der Waals surface area contributed by atoms with E-state index >= 15 is 0 Å². The quantitative estimate of drug-likeness (QED) is 0.390. The molecule has 2 heterocycles. The molecule has 0 radical (unpaired) electrons. The Hall–Kier alpha value is -3.44. The fraction of sp³-hybridized carbons (Fsp3) is 0.500. The number of hydrogen-bond acceptors (Lipinski definition) is 7. The molecule has 1 aliphatic carbocycles. The van der Waals surface area contributed by atoms with E-state index in [1.807, 2.05) is 4.90 Å². The van der Waals surface area contributed by atoms with Crippen LogP contribution in [-0.2, 0) is 15.1 Å². The predicted octanol–water partition coefficient (Wildman–Crippen LogP) is 5.43. The number of morpholine rings is 1. The maximum atomic E-state index is 14.9. The minimum atomic E-state index is -2.93. The number of amides is 1. The van der Waals surface area contributed by atoms with Gasteiger partial charge in [-0.05, 0) is 51.7 Å². The van der Waals surface area contributed by atoms with Crippen LogP contribution in [0.4, 0.5) is 19.0 Å². The molecule has 1 saturated carbocycles. The molecular formula is C30H35F3N4O4. The summed E-state index contributed by atoms with van der Waals surface area (Å²) in [6, 6.07) is 6.82. The number of aryl methyl sites for hydroxylation is 1. The predicted molar refractivity (Wildman–Crippen MR) is 147 cm³/mol. The smallest absolute Gasteiger partial charge is 0.266 e. The van der Waals surface area contributed by atoms with Gasteiger partial charge in [0.05, 0.1) is 43.2 Å². The van der Waals surface area contributed by atoms with E-state index < -0.39 is 29.4 Å². The van der Waals surface area contributed by atoms with E-state index in [0.717, 1.165) is 11.5 Å². The highest BCUT2D eigenvalue weighted by atomic mass is 19.3. The lowest BCUT2D eigenvalue weighted by molar-refractivity contribution is -0.142. The Kier molecular flexibility index (Phi) is 8.37. The lowest BCUT2D eigenvalue weighted by atomic mass is 9.74. The molecule has 2 N–H and O–H groups in total. The lowest BCUT2D eigenvalue weighted by Gasteiger charge is -2.39. The minimum absolute atomic E-state index is 0.0777. The van der Waals surface area contributed by atoms with Crippen molar-refractivity contribution in [3.8, 4) is 5.75 Å². The monoisotopic (exact) mass is 572 g/mol. The first-order valence-corrected chi connectivity index (χ1v) is 13.9. The van der Waals surface area contributed by atoms with Crippen LogP contribution in [0, 0.1) is 18.7 Å². The normalized spacial score (nSPS) is 22.1. The number of hydrogen-bond donors (Lipinski definition) is 2. The van der Waals surface area contributed by atoms with Crippen LogP contribution in [0.5, 0.6) is 5.75 Å². The number of ether oxygens (including phenoxy) is 2. The van der Waals surface area contributed by atoms with E-state index in [4.69, 9.17) is 9.47 Å². The number of halogens is 3. The number of carbonyl (C=O) groups is 1. The van der Waals surface area contributed by atoms with Crippen molar-refractivity contribution < 1.29 is 32.5 Å². The molecule has 0 spiro atoms. The molecule has 1 aliphatic heterocycles. The maximum Gasteiger partial charge on any atom is 0.266 e. The first-order valence-electron chi connectivity index (χ1n) is 13.9. The topological polar surface area (TPSA) is 96.8 Å². The van der Waals surface area contributed by atoms with Crippen molar-refractivity contribution in [1.29, 1.82) is 0 Å². The molecule has 0 unspecified atom stereocenters. The van der Waals surface area contributed by atoms with Gasteiger partial charge in [-0.15, -0.1) is 5.10 Å². The van der Waals surface area contributed by atoms with Crippen molar-refractivity contribution in [2.75, 3.05) is 38.7 Å². The third-order valence-electron chi connectivity index (χ3n) is 8.38. The van der Waals surface area contributed by atoms with Gasteiger partial charge in [0.15, 0.2) is 5.82 Å². The number of nitrogens with one attached hydrogen (secondary N) is 1. The number of alkyl halides is 2. The third-order valence-corrected chi connectivity index (χ3v) is 8.38. The SMILES string of the molecule is COc1cc2c(C)nnc(N[C@H](C)c3cccc(C(F)F)c3F)c2cc1C1(O)CCC(C(=O)N2CCOCC2)CC1. The molecule has 2 fully saturated rings. The Bertz CT molecular complexity index is 1420. The van der Waals surface area contributed by atoms with Gasteiger partial charge < -0.3 is 24.8 Å². The van der Waals surface area contributed by atoms with E-state index in [-0.39, 0.29) is 17.4 Å².